The molecular weight excluding hydrogens is 258 g/mol. The maximum atomic E-state index is 4.18. The topological polar surface area (TPSA) is 36.1 Å². The van der Waals surface area contributed by atoms with Gasteiger partial charge >= 0.3 is 0 Å². The van der Waals surface area contributed by atoms with Crippen molar-refractivity contribution in [2.24, 2.45) is 5.92 Å². The van der Waals surface area contributed by atoms with Gasteiger partial charge < -0.3 is 16.0 Å². The van der Waals surface area contributed by atoms with E-state index in [2.05, 4.69) is 70.7 Å². The molecule has 3 heteroatoms. The van der Waals surface area contributed by atoms with Crippen molar-refractivity contribution in [1.29, 1.82) is 0 Å². The molecule has 0 heterocycles. The van der Waals surface area contributed by atoms with Crippen LogP contribution in [0, 0.1) is 5.92 Å². The fourth-order valence-corrected chi connectivity index (χ4v) is 3.40. The fraction of sp³-hybridized carbons (Fsp3) is 0.778. The molecule has 2 atom stereocenters. The molecule has 1 saturated carbocycles. The smallest absolute Gasteiger partial charge is 0.0918 e. The minimum atomic E-state index is 0.0796. The molecule has 1 rings (SSSR count). The van der Waals surface area contributed by atoms with Gasteiger partial charge in [0.15, 0.2) is 0 Å². The van der Waals surface area contributed by atoms with Gasteiger partial charge in [-0.05, 0) is 59.3 Å². The Kier molecular flexibility index (Phi) is 5.77. The summed E-state index contributed by atoms with van der Waals surface area (Å²) in [5, 5.41) is 10.6. The molecule has 1 aliphatic carbocycles. The Labute approximate surface area is 131 Å². The van der Waals surface area contributed by atoms with Crippen LogP contribution in [0.2, 0.25) is 0 Å². The lowest BCUT2D eigenvalue weighted by Gasteiger charge is -2.47. The molecule has 0 radical (unpaired) electrons. The summed E-state index contributed by atoms with van der Waals surface area (Å²) in [7, 11) is 0. The number of nitrogens with one attached hydrogen (secondary N) is 3. The standard InChI is InChI=1S/C18H35N3/c1-13(2)15(5)20-17(7)10-9-11-18(8,12-17)21-16(6)19-14(3)4/h13-14,19-21H,5-6,9-12H2,1-4,7-8H3. The van der Waals surface area contributed by atoms with Crippen molar-refractivity contribution in [2.75, 3.05) is 0 Å². The van der Waals surface area contributed by atoms with Crippen molar-refractivity contribution in [3.05, 3.63) is 24.7 Å². The molecule has 0 spiro atoms. The van der Waals surface area contributed by atoms with Gasteiger partial charge in [0.25, 0.3) is 0 Å². The highest BCUT2D eigenvalue weighted by molar-refractivity contribution is 5.09. The van der Waals surface area contributed by atoms with Crippen molar-refractivity contribution >= 4 is 0 Å². The average Bonchev–Trinajstić information content (AvgIpc) is 2.25. The van der Waals surface area contributed by atoms with Gasteiger partial charge in [-0.25, -0.2) is 0 Å². The summed E-state index contributed by atoms with van der Waals surface area (Å²) in [6, 6.07) is 0.405. The van der Waals surface area contributed by atoms with Crippen molar-refractivity contribution in [3.8, 4) is 0 Å². The quantitative estimate of drug-likeness (QED) is 0.666. The van der Waals surface area contributed by atoms with Crippen LogP contribution in [0.25, 0.3) is 0 Å². The second-order valence-electron chi connectivity index (χ2n) is 7.86. The van der Waals surface area contributed by atoms with E-state index in [1.54, 1.807) is 0 Å². The highest BCUT2D eigenvalue weighted by Crippen LogP contribution is 2.36. The zero-order chi connectivity index (χ0) is 16.3. The number of hydrogen-bond donors (Lipinski definition) is 3. The zero-order valence-corrected chi connectivity index (χ0v) is 14.9. The normalized spacial score (nSPS) is 29.3. The molecule has 1 aliphatic rings. The highest BCUT2D eigenvalue weighted by atomic mass is 15.1. The van der Waals surface area contributed by atoms with Gasteiger partial charge in [0.2, 0.25) is 0 Å². The molecule has 2 unspecified atom stereocenters. The van der Waals surface area contributed by atoms with Gasteiger partial charge in [-0.15, -0.1) is 0 Å². The lowest BCUT2D eigenvalue weighted by molar-refractivity contribution is 0.162. The van der Waals surface area contributed by atoms with E-state index in [0.29, 0.717) is 12.0 Å². The second-order valence-corrected chi connectivity index (χ2v) is 7.86. The molecule has 3 nitrogen and oxygen atoms in total. The molecule has 0 aromatic rings. The molecule has 0 amide bonds. The lowest BCUT2D eigenvalue weighted by atomic mass is 9.72. The first-order valence-electron chi connectivity index (χ1n) is 8.26. The number of allylic oxidation sites excluding steroid dienone is 1. The number of rotatable bonds is 7. The van der Waals surface area contributed by atoms with Gasteiger partial charge in [-0.2, -0.15) is 0 Å². The van der Waals surface area contributed by atoms with Gasteiger partial charge in [-0.1, -0.05) is 27.0 Å². The third kappa shape index (κ3) is 5.64. The summed E-state index contributed by atoms with van der Waals surface area (Å²) >= 11 is 0. The van der Waals surface area contributed by atoms with Gasteiger partial charge in [0.1, 0.15) is 0 Å². The van der Waals surface area contributed by atoms with Crippen LogP contribution in [0.5, 0.6) is 0 Å². The Bertz CT molecular complexity index is 386. The molecule has 0 bridgehead atoms. The van der Waals surface area contributed by atoms with E-state index in [1.807, 2.05) is 0 Å². The van der Waals surface area contributed by atoms with Crippen LogP contribution in [0.3, 0.4) is 0 Å². The Morgan fingerprint density at radius 2 is 1.48 bits per heavy atom. The lowest BCUT2D eigenvalue weighted by Crippen LogP contribution is -2.57. The van der Waals surface area contributed by atoms with Crippen LogP contribution in [0.1, 0.15) is 67.2 Å². The molecule has 122 valence electrons. The molecule has 0 saturated heterocycles. The summed E-state index contributed by atoms with van der Waals surface area (Å²) in [6.45, 7) is 21.6. The van der Waals surface area contributed by atoms with Crippen molar-refractivity contribution in [1.82, 2.24) is 16.0 Å². The highest BCUT2D eigenvalue weighted by Gasteiger charge is 2.39. The maximum Gasteiger partial charge on any atom is 0.0918 e. The van der Waals surface area contributed by atoms with Crippen molar-refractivity contribution in [2.45, 2.75) is 84.3 Å². The summed E-state index contributed by atoms with van der Waals surface area (Å²) in [5.74, 6) is 1.40. The SMILES string of the molecule is C=C(NC(C)C)NC1(C)CCCC(C)(NC(=C)C(C)C)C1. The average molecular weight is 293 g/mol. The summed E-state index contributed by atoms with van der Waals surface area (Å²) in [5.41, 5.74) is 1.33. The minimum absolute atomic E-state index is 0.0796. The van der Waals surface area contributed by atoms with E-state index in [4.69, 9.17) is 0 Å². The largest absolute Gasteiger partial charge is 0.383 e. The first-order chi connectivity index (χ1) is 9.55. The summed E-state index contributed by atoms with van der Waals surface area (Å²) in [4.78, 5) is 0. The van der Waals surface area contributed by atoms with E-state index in [1.165, 1.54) is 19.3 Å². The Morgan fingerprint density at radius 1 is 0.952 bits per heavy atom. The Hall–Kier alpha value is -1.12. The zero-order valence-electron chi connectivity index (χ0n) is 14.9. The third-order valence-corrected chi connectivity index (χ3v) is 4.31. The number of hydrogen-bond acceptors (Lipinski definition) is 3. The molecule has 0 aromatic heterocycles. The molecule has 3 N–H and O–H groups in total. The minimum Gasteiger partial charge on any atom is -0.383 e. The maximum absolute atomic E-state index is 4.18. The molecule has 21 heavy (non-hydrogen) atoms. The Balaban J connectivity index is 2.69. The van der Waals surface area contributed by atoms with Crippen LogP contribution in [0.15, 0.2) is 24.7 Å². The van der Waals surface area contributed by atoms with E-state index in [-0.39, 0.29) is 11.1 Å². The van der Waals surface area contributed by atoms with Crippen molar-refractivity contribution in [3.63, 3.8) is 0 Å². The van der Waals surface area contributed by atoms with Crippen LogP contribution in [-0.2, 0) is 0 Å². The molecular formula is C18H35N3. The predicted molar refractivity (Wildman–Crippen MR) is 92.9 cm³/mol. The second kappa shape index (κ2) is 6.76. The third-order valence-electron chi connectivity index (χ3n) is 4.31. The summed E-state index contributed by atoms with van der Waals surface area (Å²) < 4.78 is 0. The first-order valence-corrected chi connectivity index (χ1v) is 8.26. The van der Waals surface area contributed by atoms with Gasteiger partial charge in [-0.3, -0.25) is 0 Å². The molecule has 0 aromatic carbocycles. The molecule has 0 aliphatic heterocycles. The fourth-order valence-electron chi connectivity index (χ4n) is 3.40. The molecule has 1 fully saturated rings. The van der Waals surface area contributed by atoms with Crippen LogP contribution in [-0.4, -0.2) is 17.1 Å². The van der Waals surface area contributed by atoms with Gasteiger partial charge in [0, 0.05) is 22.8 Å². The van der Waals surface area contributed by atoms with E-state index >= 15 is 0 Å². The monoisotopic (exact) mass is 293 g/mol. The van der Waals surface area contributed by atoms with Crippen LogP contribution in [0.4, 0.5) is 0 Å². The van der Waals surface area contributed by atoms with E-state index in [0.717, 1.165) is 17.9 Å². The predicted octanol–water partition coefficient (Wildman–Crippen LogP) is 3.90. The van der Waals surface area contributed by atoms with Gasteiger partial charge in [0.05, 0.1) is 5.82 Å². The van der Waals surface area contributed by atoms with Crippen LogP contribution >= 0.6 is 0 Å². The first kappa shape index (κ1) is 17.9. The van der Waals surface area contributed by atoms with Crippen molar-refractivity contribution < 1.29 is 0 Å². The van der Waals surface area contributed by atoms with E-state index < -0.39 is 0 Å². The Morgan fingerprint density at radius 3 is 1.95 bits per heavy atom. The van der Waals surface area contributed by atoms with Crippen LogP contribution < -0.4 is 16.0 Å². The summed E-state index contributed by atoms with van der Waals surface area (Å²) in [6.07, 6.45) is 4.66. The van der Waals surface area contributed by atoms with E-state index in [9.17, 15) is 0 Å².